The first-order valence-electron chi connectivity index (χ1n) is 7.39. The minimum atomic E-state index is -3.17. The normalized spacial score (nSPS) is 12.3. The van der Waals surface area contributed by atoms with Crippen LogP contribution in [0.15, 0.2) is 24.3 Å². The second kappa shape index (κ2) is 9.54. The maximum absolute atomic E-state index is 13.1. The number of hydrogen-bond acceptors (Lipinski definition) is 3. The first kappa shape index (κ1) is 22.3. The summed E-state index contributed by atoms with van der Waals surface area (Å²) in [5, 5.41) is 4.72. The van der Waals surface area contributed by atoms with Gasteiger partial charge in [0.05, 0.1) is 13.1 Å². The van der Waals surface area contributed by atoms with Gasteiger partial charge in [0.25, 0.3) is 11.8 Å². The van der Waals surface area contributed by atoms with Crippen molar-refractivity contribution in [3.63, 3.8) is 0 Å². The van der Waals surface area contributed by atoms with Gasteiger partial charge in [-0.3, -0.25) is 9.59 Å². The SMILES string of the molecule is Cc1ccc(C(=O)NC(C(=O)NCC(F)(F)CN)C(C)C)cc1.Cl. The van der Waals surface area contributed by atoms with Crippen LogP contribution in [0.5, 0.6) is 0 Å². The first-order chi connectivity index (χ1) is 10.7. The summed E-state index contributed by atoms with van der Waals surface area (Å²) >= 11 is 0. The number of benzene rings is 1. The number of carbonyl (C=O) groups excluding carboxylic acids is 2. The number of rotatable bonds is 7. The highest BCUT2D eigenvalue weighted by Crippen LogP contribution is 2.10. The van der Waals surface area contributed by atoms with Crippen LogP contribution < -0.4 is 16.4 Å². The van der Waals surface area contributed by atoms with E-state index < -0.39 is 36.9 Å². The lowest BCUT2D eigenvalue weighted by atomic mass is 10.0. The Labute approximate surface area is 146 Å². The van der Waals surface area contributed by atoms with E-state index in [0.29, 0.717) is 5.56 Å². The van der Waals surface area contributed by atoms with Crippen LogP contribution in [0.1, 0.15) is 29.8 Å². The molecule has 1 aromatic carbocycles. The summed E-state index contributed by atoms with van der Waals surface area (Å²) in [6.07, 6.45) is 0. The lowest BCUT2D eigenvalue weighted by molar-refractivity contribution is -0.125. The highest BCUT2D eigenvalue weighted by molar-refractivity contribution is 5.97. The number of carbonyl (C=O) groups is 2. The molecule has 5 nitrogen and oxygen atoms in total. The molecule has 1 aromatic rings. The Kier molecular flexibility index (Phi) is 8.85. The summed E-state index contributed by atoms with van der Waals surface area (Å²) in [5.74, 6) is -4.51. The topological polar surface area (TPSA) is 84.2 Å². The predicted octanol–water partition coefficient (Wildman–Crippen LogP) is 1.88. The Morgan fingerprint density at radius 1 is 1.21 bits per heavy atom. The third kappa shape index (κ3) is 6.80. The fourth-order valence-electron chi connectivity index (χ4n) is 1.86. The molecule has 0 fully saturated rings. The molecule has 1 rings (SSSR count). The summed E-state index contributed by atoms with van der Waals surface area (Å²) in [6, 6.07) is 5.94. The Morgan fingerprint density at radius 2 is 1.75 bits per heavy atom. The largest absolute Gasteiger partial charge is 0.348 e. The molecule has 8 heteroatoms. The van der Waals surface area contributed by atoms with E-state index in [9.17, 15) is 18.4 Å². The lowest BCUT2D eigenvalue weighted by Crippen LogP contribution is -2.52. The number of nitrogens with one attached hydrogen (secondary N) is 2. The zero-order valence-electron chi connectivity index (χ0n) is 13.9. The van der Waals surface area contributed by atoms with Gasteiger partial charge in [0.1, 0.15) is 6.04 Å². The van der Waals surface area contributed by atoms with Gasteiger partial charge < -0.3 is 16.4 Å². The van der Waals surface area contributed by atoms with Crippen LogP contribution in [0.3, 0.4) is 0 Å². The monoisotopic (exact) mass is 363 g/mol. The van der Waals surface area contributed by atoms with Crippen molar-refractivity contribution >= 4 is 24.2 Å². The maximum atomic E-state index is 13.1. The molecule has 1 unspecified atom stereocenters. The number of hydrogen-bond donors (Lipinski definition) is 3. The second-order valence-corrected chi connectivity index (χ2v) is 5.84. The predicted molar refractivity (Wildman–Crippen MR) is 91.5 cm³/mol. The van der Waals surface area contributed by atoms with Gasteiger partial charge in [0.2, 0.25) is 5.91 Å². The van der Waals surface area contributed by atoms with Crippen molar-refractivity contribution in [1.29, 1.82) is 0 Å². The van der Waals surface area contributed by atoms with Crippen LogP contribution in [-0.2, 0) is 4.79 Å². The van der Waals surface area contributed by atoms with E-state index in [0.717, 1.165) is 5.56 Å². The summed E-state index contributed by atoms with van der Waals surface area (Å²) < 4.78 is 26.2. The van der Waals surface area contributed by atoms with Crippen LogP contribution in [0.2, 0.25) is 0 Å². The van der Waals surface area contributed by atoms with Gasteiger partial charge in [0.15, 0.2) is 0 Å². The standard InChI is InChI=1S/C16H23F2N3O2.ClH/c1-10(2)13(15(23)20-9-16(17,18)8-19)21-14(22)12-6-4-11(3)5-7-12;/h4-7,10,13H,8-9,19H2,1-3H3,(H,20,23)(H,21,22);1H. The average molecular weight is 364 g/mol. The molecule has 1 atom stereocenters. The van der Waals surface area contributed by atoms with Gasteiger partial charge in [-0.25, -0.2) is 8.78 Å². The minimum absolute atomic E-state index is 0. The Bertz CT molecular complexity index is 551. The van der Waals surface area contributed by atoms with E-state index in [1.54, 1.807) is 38.1 Å². The Hall–Kier alpha value is -1.73. The fraction of sp³-hybridized carbons (Fsp3) is 0.500. The lowest BCUT2D eigenvalue weighted by Gasteiger charge is -2.23. The minimum Gasteiger partial charge on any atom is -0.348 e. The van der Waals surface area contributed by atoms with Crippen LogP contribution in [0.25, 0.3) is 0 Å². The van der Waals surface area contributed by atoms with Crippen molar-refractivity contribution in [3.05, 3.63) is 35.4 Å². The van der Waals surface area contributed by atoms with E-state index >= 15 is 0 Å². The number of aryl methyl sites for hydroxylation is 1. The van der Waals surface area contributed by atoms with Crippen LogP contribution >= 0.6 is 12.4 Å². The average Bonchev–Trinajstić information content (AvgIpc) is 2.50. The van der Waals surface area contributed by atoms with E-state index in [4.69, 9.17) is 5.73 Å². The molecule has 0 aliphatic heterocycles. The number of alkyl halides is 2. The molecular weight excluding hydrogens is 340 g/mol. The third-order valence-electron chi connectivity index (χ3n) is 3.37. The first-order valence-corrected chi connectivity index (χ1v) is 7.39. The van der Waals surface area contributed by atoms with E-state index in [1.165, 1.54) is 0 Å². The van der Waals surface area contributed by atoms with E-state index in [2.05, 4.69) is 10.6 Å². The highest BCUT2D eigenvalue weighted by Gasteiger charge is 2.30. The van der Waals surface area contributed by atoms with E-state index in [1.807, 2.05) is 6.92 Å². The summed E-state index contributed by atoms with van der Waals surface area (Å²) in [5.41, 5.74) is 6.33. The number of halogens is 3. The molecule has 0 spiro atoms. The van der Waals surface area contributed by atoms with Crippen molar-refractivity contribution in [2.45, 2.75) is 32.7 Å². The molecule has 24 heavy (non-hydrogen) atoms. The van der Waals surface area contributed by atoms with Gasteiger partial charge >= 0.3 is 0 Å². The molecule has 0 aromatic heterocycles. The fourth-order valence-corrected chi connectivity index (χ4v) is 1.86. The molecule has 4 N–H and O–H groups in total. The summed E-state index contributed by atoms with van der Waals surface area (Å²) in [6.45, 7) is 3.63. The Balaban J connectivity index is 0.00000529. The third-order valence-corrected chi connectivity index (χ3v) is 3.37. The van der Waals surface area contributed by atoms with Crippen molar-refractivity contribution in [1.82, 2.24) is 10.6 Å². The second-order valence-electron chi connectivity index (χ2n) is 5.84. The van der Waals surface area contributed by atoms with Crippen molar-refractivity contribution in [2.75, 3.05) is 13.1 Å². The smallest absolute Gasteiger partial charge is 0.277 e. The van der Waals surface area contributed by atoms with Gasteiger partial charge in [-0.15, -0.1) is 12.4 Å². The molecule has 0 aliphatic rings. The van der Waals surface area contributed by atoms with Gasteiger partial charge in [-0.05, 0) is 25.0 Å². The summed E-state index contributed by atoms with van der Waals surface area (Å²) in [4.78, 5) is 24.2. The molecule has 0 bridgehead atoms. The van der Waals surface area contributed by atoms with Crippen molar-refractivity contribution < 1.29 is 18.4 Å². The highest BCUT2D eigenvalue weighted by atomic mass is 35.5. The molecule has 0 saturated carbocycles. The van der Waals surface area contributed by atoms with Gasteiger partial charge in [-0.1, -0.05) is 31.5 Å². The molecule has 0 aliphatic carbocycles. The van der Waals surface area contributed by atoms with Gasteiger partial charge in [0, 0.05) is 5.56 Å². The molecule has 0 heterocycles. The number of amides is 2. The maximum Gasteiger partial charge on any atom is 0.277 e. The number of nitrogens with two attached hydrogens (primary N) is 1. The molecule has 0 radical (unpaired) electrons. The molecule has 0 saturated heterocycles. The molecule has 136 valence electrons. The van der Waals surface area contributed by atoms with Crippen molar-refractivity contribution in [2.24, 2.45) is 11.7 Å². The van der Waals surface area contributed by atoms with Gasteiger partial charge in [-0.2, -0.15) is 0 Å². The van der Waals surface area contributed by atoms with Crippen LogP contribution in [0.4, 0.5) is 8.78 Å². The molecule has 2 amide bonds. The van der Waals surface area contributed by atoms with Crippen LogP contribution in [0, 0.1) is 12.8 Å². The zero-order chi connectivity index (χ0) is 17.6. The molecular formula is C16H24ClF2N3O2. The van der Waals surface area contributed by atoms with Crippen molar-refractivity contribution in [3.8, 4) is 0 Å². The zero-order valence-corrected chi connectivity index (χ0v) is 14.8. The Morgan fingerprint density at radius 3 is 2.21 bits per heavy atom. The van der Waals surface area contributed by atoms with E-state index in [-0.39, 0.29) is 18.3 Å². The quantitative estimate of drug-likeness (QED) is 0.691. The van der Waals surface area contributed by atoms with Crippen LogP contribution in [-0.4, -0.2) is 36.9 Å². The summed E-state index contributed by atoms with van der Waals surface area (Å²) in [7, 11) is 0.